The average molecular weight is 329 g/mol. The summed E-state index contributed by atoms with van der Waals surface area (Å²) < 4.78 is 5.04. The molecule has 2 rings (SSSR count). The zero-order chi connectivity index (χ0) is 17.4. The first-order valence-electron chi connectivity index (χ1n) is 7.86. The Morgan fingerprint density at radius 3 is 2.79 bits per heavy atom. The summed E-state index contributed by atoms with van der Waals surface area (Å²) >= 11 is 0. The summed E-state index contributed by atoms with van der Waals surface area (Å²) in [5.74, 6) is 0.226. The number of aromatic nitrogens is 1. The Kier molecular flexibility index (Phi) is 6.72. The molecule has 4 N–H and O–H groups in total. The first kappa shape index (κ1) is 17.9. The number of aliphatic hydroxyl groups excluding tert-OH is 1. The lowest BCUT2D eigenvalue weighted by molar-refractivity contribution is 0.0910. The van der Waals surface area contributed by atoms with Crippen molar-refractivity contribution in [2.45, 2.75) is 25.5 Å². The molecule has 128 valence electrons. The van der Waals surface area contributed by atoms with E-state index in [1.165, 1.54) is 19.5 Å². The monoisotopic (exact) mass is 329 g/mol. The first-order chi connectivity index (χ1) is 11.6. The number of benzene rings is 1. The highest BCUT2D eigenvalue weighted by atomic mass is 16.5. The van der Waals surface area contributed by atoms with Gasteiger partial charge in [-0.3, -0.25) is 9.78 Å². The van der Waals surface area contributed by atoms with E-state index >= 15 is 0 Å². The maximum absolute atomic E-state index is 12.1. The van der Waals surface area contributed by atoms with Crippen LogP contribution in [0.5, 0.6) is 5.75 Å². The molecular formula is C18H23N3O3. The van der Waals surface area contributed by atoms with Crippen molar-refractivity contribution in [3.05, 3.63) is 59.4 Å². The minimum atomic E-state index is -0.627. The van der Waals surface area contributed by atoms with Crippen LogP contribution < -0.4 is 15.8 Å². The SMILES string of the molecule is COc1cncc(C(=O)NCC(O)CCc2ccccc2CN)c1. The largest absolute Gasteiger partial charge is 0.495 e. The molecule has 1 unspecified atom stereocenters. The molecule has 1 aromatic heterocycles. The maximum atomic E-state index is 12.1. The van der Waals surface area contributed by atoms with E-state index in [1.807, 2.05) is 24.3 Å². The van der Waals surface area contributed by atoms with E-state index in [0.717, 1.165) is 11.1 Å². The summed E-state index contributed by atoms with van der Waals surface area (Å²) in [6, 6.07) is 9.50. The van der Waals surface area contributed by atoms with Gasteiger partial charge in [-0.2, -0.15) is 0 Å². The van der Waals surface area contributed by atoms with Crippen molar-refractivity contribution in [1.82, 2.24) is 10.3 Å². The third-order valence-corrected chi connectivity index (χ3v) is 3.79. The topological polar surface area (TPSA) is 97.5 Å². The number of amides is 1. The number of hydrogen-bond donors (Lipinski definition) is 3. The Labute approximate surface area is 141 Å². The van der Waals surface area contributed by atoms with E-state index in [-0.39, 0.29) is 12.5 Å². The van der Waals surface area contributed by atoms with Crippen LogP contribution in [-0.4, -0.2) is 35.8 Å². The second-order valence-electron chi connectivity index (χ2n) is 5.49. The Balaban J connectivity index is 1.82. The molecule has 0 aliphatic carbocycles. The molecule has 0 radical (unpaired) electrons. The van der Waals surface area contributed by atoms with Gasteiger partial charge in [-0.05, 0) is 30.0 Å². The van der Waals surface area contributed by atoms with Gasteiger partial charge in [0.25, 0.3) is 5.91 Å². The van der Waals surface area contributed by atoms with E-state index in [1.54, 1.807) is 6.07 Å². The van der Waals surface area contributed by atoms with Gasteiger partial charge >= 0.3 is 0 Å². The molecule has 6 heteroatoms. The van der Waals surface area contributed by atoms with Gasteiger partial charge in [0.15, 0.2) is 0 Å². The van der Waals surface area contributed by atoms with E-state index in [4.69, 9.17) is 10.5 Å². The number of nitrogens with one attached hydrogen (secondary N) is 1. The number of pyridine rings is 1. The molecule has 24 heavy (non-hydrogen) atoms. The summed E-state index contributed by atoms with van der Waals surface area (Å²) in [5, 5.41) is 12.8. The van der Waals surface area contributed by atoms with Crippen molar-refractivity contribution in [1.29, 1.82) is 0 Å². The molecule has 0 saturated heterocycles. The molecule has 0 aliphatic heterocycles. The lowest BCUT2D eigenvalue weighted by atomic mass is 10.0. The molecule has 0 aliphatic rings. The summed E-state index contributed by atoms with van der Waals surface area (Å²) in [6.07, 6.45) is 3.62. The van der Waals surface area contributed by atoms with Gasteiger partial charge in [0.2, 0.25) is 0 Å². The van der Waals surface area contributed by atoms with E-state index in [0.29, 0.717) is 30.7 Å². The highest BCUT2D eigenvalue weighted by molar-refractivity contribution is 5.94. The first-order valence-corrected chi connectivity index (χ1v) is 7.86. The number of ether oxygens (including phenoxy) is 1. The van der Waals surface area contributed by atoms with Crippen LogP contribution in [0.15, 0.2) is 42.7 Å². The van der Waals surface area contributed by atoms with Crippen molar-refractivity contribution >= 4 is 5.91 Å². The minimum absolute atomic E-state index is 0.181. The van der Waals surface area contributed by atoms with Crippen LogP contribution in [0.3, 0.4) is 0 Å². The molecule has 0 saturated carbocycles. The number of aryl methyl sites for hydroxylation is 1. The number of methoxy groups -OCH3 is 1. The van der Waals surface area contributed by atoms with Gasteiger partial charge in [0, 0.05) is 19.3 Å². The zero-order valence-electron chi connectivity index (χ0n) is 13.7. The van der Waals surface area contributed by atoms with Crippen LogP contribution >= 0.6 is 0 Å². The normalized spacial score (nSPS) is 11.8. The third kappa shape index (κ3) is 5.04. The Hall–Kier alpha value is -2.44. The van der Waals surface area contributed by atoms with E-state index < -0.39 is 6.10 Å². The van der Waals surface area contributed by atoms with Crippen LogP contribution in [0.4, 0.5) is 0 Å². The van der Waals surface area contributed by atoms with Crippen molar-refractivity contribution < 1.29 is 14.6 Å². The predicted octanol–water partition coefficient (Wildman–Crippen LogP) is 1.27. The summed E-state index contributed by atoms with van der Waals surface area (Å²) in [7, 11) is 1.52. The summed E-state index contributed by atoms with van der Waals surface area (Å²) in [6.45, 7) is 0.659. The molecule has 1 amide bonds. The van der Waals surface area contributed by atoms with E-state index in [2.05, 4.69) is 10.3 Å². The Bertz CT molecular complexity index is 676. The molecular weight excluding hydrogens is 306 g/mol. The van der Waals surface area contributed by atoms with Crippen LogP contribution in [0.1, 0.15) is 27.9 Å². The Morgan fingerprint density at radius 1 is 1.33 bits per heavy atom. The minimum Gasteiger partial charge on any atom is -0.495 e. The molecule has 0 bridgehead atoms. The molecule has 1 heterocycles. The average Bonchev–Trinajstić information content (AvgIpc) is 2.64. The molecule has 1 aromatic carbocycles. The lowest BCUT2D eigenvalue weighted by Gasteiger charge is -2.13. The van der Waals surface area contributed by atoms with Gasteiger partial charge in [-0.25, -0.2) is 0 Å². The number of rotatable bonds is 8. The molecule has 6 nitrogen and oxygen atoms in total. The number of aliphatic hydroxyl groups is 1. The van der Waals surface area contributed by atoms with Crippen molar-refractivity contribution in [3.63, 3.8) is 0 Å². The second kappa shape index (κ2) is 9.00. The molecule has 0 spiro atoms. The standard InChI is InChI=1S/C18H23N3O3/c1-24-17-8-15(10-20-12-17)18(23)21-11-16(22)7-6-13-4-2-3-5-14(13)9-19/h2-5,8,10,12,16,22H,6-7,9,11,19H2,1H3,(H,21,23). The molecule has 0 fully saturated rings. The van der Waals surface area contributed by atoms with Gasteiger partial charge in [0.1, 0.15) is 5.75 Å². The fourth-order valence-corrected chi connectivity index (χ4v) is 2.39. The van der Waals surface area contributed by atoms with Crippen molar-refractivity contribution in [3.8, 4) is 5.75 Å². The van der Waals surface area contributed by atoms with Crippen molar-refractivity contribution in [2.24, 2.45) is 5.73 Å². The number of hydrogen-bond acceptors (Lipinski definition) is 5. The number of carbonyl (C=O) groups excluding carboxylic acids is 1. The zero-order valence-corrected chi connectivity index (χ0v) is 13.7. The smallest absolute Gasteiger partial charge is 0.253 e. The molecule has 2 aromatic rings. The van der Waals surface area contributed by atoms with Crippen molar-refractivity contribution in [2.75, 3.05) is 13.7 Å². The number of nitrogens with two attached hydrogens (primary N) is 1. The van der Waals surface area contributed by atoms with Gasteiger partial charge in [-0.1, -0.05) is 24.3 Å². The van der Waals surface area contributed by atoms with Crippen LogP contribution in [0.2, 0.25) is 0 Å². The van der Waals surface area contributed by atoms with Crippen LogP contribution in [-0.2, 0) is 13.0 Å². The summed E-state index contributed by atoms with van der Waals surface area (Å²) in [4.78, 5) is 16.0. The maximum Gasteiger partial charge on any atom is 0.253 e. The van der Waals surface area contributed by atoms with Gasteiger partial charge < -0.3 is 20.9 Å². The fourth-order valence-electron chi connectivity index (χ4n) is 2.39. The third-order valence-electron chi connectivity index (χ3n) is 3.79. The Morgan fingerprint density at radius 2 is 2.08 bits per heavy atom. The number of nitrogens with zero attached hydrogens (tertiary/aromatic N) is 1. The number of carbonyl (C=O) groups is 1. The van der Waals surface area contributed by atoms with Gasteiger partial charge in [0.05, 0.1) is 25.0 Å². The van der Waals surface area contributed by atoms with Crippen LogP contribution in [0.25, 0.3) is 0 Å². The highest BCUT2D eigenvalue weighted by Gasteiger charge is 2.11. The molecule has 1 atom stereocenters. The predicted molar refractivity (Wildman–Crippen MR) is 91.8 cm³/mol. The lowest BCUT2D eigenvalue weighted by Crippen LogP contribution is -2.32. The highest BCUT2D eigenvalue weighted by Crippen LogP contribution is 2.12. The van der Waals surface area contributed by atoms with E-state index in [9.17, 15) is 9.90 Å². The second-order valence-corrected chi connectivity index (χ2v) is 5.49. The van der Waals surface area contributed by atoms with Crippen LogP contribution in [0, 0.1) is 0 Å². The summed E-state index contributed by atoms with van der Waals surface area (Å²) in [5.41, 5.74) is 8.31. The fraction of sp³-hybridized carbons (Fsp3) is 0.333. The van der Waals surface area contributed by atoms with Gasteiger partial charge in [-0.15, -0.1) is 0 Å². The quantitative estimate of drug-likeness (QED) is 0.678.